The highest BCUT2D eigenvalue weighted by molar-refractivity contribution is 7.99. The van der Waals surface area contributed by atoms with Crippen LogP contribution < -0.4 is 5.48 Å². The van der Waals surface area contributed by atoms with E-state index in [0.29, 0.717) is 17.2 Å². The molecule has 7 heteroatoms. The van der Waals surface area contributed by atoms with Crippen molar-refractivity contribution in [1.82, 2.24) is 15.4 Å². The molecule has 1 fully saturated rings. The van der Waals surface area contributed by atoms with Gasteiger partial charge in [0.1, 0.15) is 6.04 Å². The highest BCUT2D eigenvalue weighted by Gasteiger charge is 2.35. The van der Waals surface area contributed by atoms with Crippen molar-refractivity contribution in [3.63, 3.8) is 0 Å². The second-order valence-corrected chi connectivity index (χ2v) is 5.71. The normalized spacial score (nSPS) is 18.1. The van der Waals surface area contributed by atoms with E-state index in [-0.39, 0.29) is 11.8 Å². The molecule has 110 valence electrons. The summed E-state index contributed by atoms with van der Waals surface area (Å²) in [7, 11) is 1.38. The van der Waals surface area contributed by atoms with E-state index in [1.807, 2.05) is 24.3 Å². The number of amides is 2. The zero-order valence-corrected chi connectivity index (χ0v) is 12.3. The van der Waals surface area contributed by atoms with E-state index in [1.165, 1.54) is 7.11 Å². The molecule has 1 saturated heterocycles. The lowest BCUT2D eigenvalue weighted by Crippen LogP contribution is -2.46. The van der Waals surface area contributed by atoms with Gasteiger partial charge in [-0.15, -0.1) is 11.8 Å². The average molecular weight is 305 g/mol. The highest BCUT2D eigenvalue weighted by Crippen LogP contribution is 2.26. The van der Waals surface area contributed by atoms with Gasteiger partial charge in [0.25, 0.3) is 11.8 Å². The van der Waals surface area contributed by atoms with E-state index in [1.54, 1.807) is 22.9 Å². The Hall–Kier alpha value is -1.99. The number of hydroxylamine groups is 1. The van der Waals surface area contributed by atoms with Crippen LogP contribution in [-0.4, -0.2) is 46.5 Å². The predicted molar refractivity (Wildman–Crippen MR) is 80.7 cm³/mol. The topological polar surface area (TPSA) is 74.4 Å². The minimum Gasteiger partial charge on any atom is -0.360 e. The summed E-state index contributed by atoms with van der Waals surface area (Å²) in [5, 5.41) is 0.866. The van der Waals surface area contributed by atoms with E-state index >= 15 is 0 Å². The Labute approximate surface area is 125 Å². The summed E-state index contributed by atoms with van der Waals surface area (Å²) >= 11 is 1.55. The van der Waals surface area contributed by atoms with Crippen molar-refractivity contribution in [1.29, 1.82) is 0 Å². The van der Waals surface area contributed by atoms with Crippen molar-refractivity contribution in [3.8, 4) is 0 Å². The molecular weight excluding hydrogens is 290 g/mol. The van der Waals surface area contributed by atoms with E-state index in [0.717, 1.165) is 10.9 Å². The number of rotatable bonds is 3. The number of hydrogen-bond donors (Lipinski definition) is 2. The molecule has 1 aliphatic heterocycles. The maximum absolute atomic E-state index is 12.7. The van der Waals surface area contributed by atoms with Crippen LogP contribution in [0.2, 0.25) is 0 Å². The van der Waals surface area contributed by atoms with Gasteiger partial charge in [0.15, 0.2) is 0 Å². The van der Waals surface area contributed by atoms with Gasteiger partial charge >= 0.3 is 0 Å². The Bertz CT molecular complexity index is 685. The number of nitrogens with zero attached hydrogens (tertiary/aromatic N) is 1. The lowest BCUT2D eigenvalue weighted by atomic mass is 10.1. The molecule has 3 rings (SSSR count). The van der Waals surface area contributed by atoms with Gasteiger partial charge in [0, 0.05) is 22.9 Å². The number of carbonyl (C=O) groups excluding carboxylic acids is 2. The number of aromatic amines is 1. The average Bonchev–Trinajstić information content (AvgIpc) is 3.14. The Morgan fingerprint density at radius 2 is 2.24 bits per heavy atom. The molecule has 0 bridgehead atoms. The van der Waals surface area contributed by atoms with Gasteiger partial charge < -0.3 is 9.88 Å². The zero-order chi connectivity index (χ0) is 14.8. The molecule has 1 atom stereocenters. The molecule has 1 aromatic carbocycles. The number of benzene rings is 1. The number of thioether (sulfide) groups is 1. The first-order valence-electron chi connectivity index (χ1n) is 6.50. The van der Waals surface area contributed by atoms with Crippen molar-refractivity contribution in [2.24, 2.45) is 0 Å². The van der Waals surface area contributed by atoms with Gasteiger partial charge in [-0.05, 0) is 6.07 Å². The van der Waals surface area contributed by atoms with Crippen LogP contribution in [-0.2, 0) is 9.63 Å². The predicted octanol–water partition coefficient (Wildman–Crippen LogP) is 1.36. The fraction of sp³-hybridized carbons (Fsp3) is 0.286. The third-order valence-corrected chi connectivity index (χ3v) is 4.48. The highest BCUT2D eigenvalue weighted by atomic mass is 32.2. The van der Waals surface area contributed by atoms with Crippen LogP contribution in [0, 0.1) is 0 Å². The molecule has 2 N–H and O–H groups in total. The Morgan fingerprint density at radius 1 is 1.43 bits per heavy atom. The molecule has 1 aliphatic rings. The van der Waals surface area contributed by atoms with Crippen LogP contribution in [0.3, 0.4) is 0 Å². The van der Waals surface area contributed by atoms with E-state index in [4.69, 9.17) is 0 Å². The zero-order valence-electron chi connectivity index (χ0n) is 11.5. The van der Waals surface area contributed by atoms with Crippen LogP contribution in [0.25, 0.3) is 10.9 Å². The number of carbonyl (C=O) groups is 2. The molecule has 2 amide bonds. The summed E-state index contributed by atoms with van der Waals surface area (Å²) in [4.78, 5) is 34.0. The Kier molecular flexibility index (Phi) is 3.85. The SMILES string of the molecule is CONC(=O)[C@H]1CSCN1C(=O)c1c[nH]c2ccccc12. The maximum Gasteiger partial charge on any atom is 0.267 e. The Balaban J connectivity index is 1.89. The molecule has 0 aliphatic carbocycles. The summed E-state index contributed by atoms with van der Waals surface area (Å²) < 4.78 is 0. The maximum atomic E-state index is 12.7. The third-order valence-electron chi connectivity index (χ3n) is 3.47. The number of hydrogen-bond acceptors (Lipinski definition) is 4. The molecule has 2 aromatic rings. The van der Waals surface area contributed by atoms with E-state index in [9.17, 15) is 9.59 Å². The molecular formula is C14H15N3O3S. The van der Waals surface area contributed by atoms with Crippen molar-refractivity contribution >= 4 is 34.5 Å². The quantitative estimate of drug-likeness (QED) is 0.840. The van der Waals surface area contributed by atoms with E-state index in [2.05, 4.69) is 15.3 Å². The first kappa shape index (κ1) is 14.0. The van der Waals surface area contributed by atoms with Crippen molar-refractivity contribution in [2.75, 3.05) is 18.7 Å². The molecule has 6 nitrogen and oxygen atoms in total. The molecule has 0 saturated carbocycles. The Morgan fingerprint density at radius 3 is 3.05 bits per heavy atom. The molecule has 21 heavy (non-hydrogen) atoms. The van der Waals surface area contributed by atoms with Gasteiger partial charge in [-0.25, -0.2) is 5.48 Å². The largest absolute Gasteiger partial charge is 0.360 e. The van der Waals surface area contributed by atoms with Gasteiger partial charge in [-0.1, -0.05) is 18.2 Å². The number of aromatic nitrogens is 1. The second kappa shape index (κ2) is 5.79. The first-order chi connectivity index (χ1) is 10.2. The summed E-state index contributed by atoms with van der Waals surface area (Å²) in [6.07, 6.45) is 1.70. The van der Waals surface area contributed by atoms with Crippen LogP contribution in [0.15, 0.2) is 30.5 Å². The van der Waals surface area contributed by atoms with Gasteiger partial charge in [-0.2, -0.15) is 0 Å². The summed E-state index contributed by atoms with van der Waals surface area (Å²) in [5.74, 6) is 0.632. The lowest BCUT2D eigenvalue weighted by Gasteiger charge is -2.22. The summed E-state index contributed by atoms with van der Waals surface area (Å²) in [6, 6.07) is 7.11. The molecule has 0 spiro atoms. The first-order valence-corrected chi connectivity index (χ1v) is 7.65. The van der Waals surface area contributed by atoms with Crippen LogP contribution in [0.1, 0.15) is 10.4 Å². The fourth-order valence-corrected chi connectivity index (χ4v) is 3.59. The third kappa shape index (κ3) is 2.50. The van der Waals surface area contributed by atoms with Crippen molar-refractivity contribution in [2.45, 2.75) is 6.04 Å². The standard InChI is InChI=1S/C14H15N3O3S/c1-20-16-13(18)12-7-21-8-17(12)14(19)10-6-15-11-5-3-2-4-9(10)11/h2-6,12,15H,7-8H2,1H3,(H,16,18)/t12-/m1/s1. The lowest BCUT2D eigenvalue weighted by molar-refractivity contribution is -0.134. The van der Waals surface area contributed by atoms with Gasteiger partial charge in [-0.3, -0.25) is 14.4 Å². The summed E-state index contributed by atoms with van der Waals surface area (Å²) in [6.45, 7) is 0. The fourth-order valence-electron chi connectivity index (χ4n) is 2.43. The molecule has 2 heterocycles. The molecule has 0 unspecified atom stereocenters. The minimum absolute atomic E-state index is 0.145. The smallest absolute Gasteiger partial charge is 0.267 e. The number of nitrogens with one attached hydrogen (secondary N) is 2. The summed E-state index contributed by atoms with van der Waals surface area (Å²) in [5.41, 5.74) is 3.80. The van der Waals surface area contributed by atoms with E-state index < -0.39 is 6.04 Å². The van der Waals surface area contributed by atoms with Crippen LogP contribution in [0.5, 0.6) is 0 Å². The van der Waals surface area contributed by atoms with Crippen LogP contribution >= 0.6 is 11.8 Å². The number of para-hydroxylation sites is 1. The second-order valence-electron chi connectivity index (χ2n) is 4.71. The molecule has 1 aromatic heterocycles. The van der Waals surface area contributed by atoms with Crippen molar-refractivity contribution in [3.05, 3.63) is 36.0 Å². The van der Waals surface area contributed by atoms with Crippen LogP contribution in [0.4, 0.5) is 0 Å². The number of H-pyrrole nitrogens is 1. The van der Waals surface area contributed by atoms with Crippen molar-refractivity contribution < 1.29 is 14.4 Å². The molecule has 0 radical (unpaired) electrons. The van der Waals surface area contributed by atoms with Gasteiger partial charge in [0.2, 0.25) is 0 Å². The monoisotopic (exact) mass is 305 g/mol. The number of fused-ring (bicyclic) bond motifs is 1. The minimum atomic E-state index is -0.504. The van der Waals surface area contributed by atoms with Gasteiger partial charge in [0.05, 0.1) is 18.6 Å².